The van der Waals surface area contributed by atoms with Crippen LogP contribution in [0.3, 0.4) is 0 Å². The summed E-state index contributed by atoms with van der Waals surface area (Å²) in [6, 6.07) is 11.9. The number of nitrogens with zero attached hydrogens (tertiary/aromatic N) is 2. The minimum absolute atomic E-state index is 0.00210. The number of aryl methyl sites for hydroxylation is 1. The van der Waals surface area contributed by atoms with Gasteiger partial charge in [-0.25, -0.2) is 9.78 Å². The van der Waals surface area contributed by atoms with E-state index in [2.05, 4.69) is 16.4 Å². The van der Waals surface area contributed by atoms with Gasteiger partial charge in [0, 0.05) is 12.8 Å². The molecule has 7 nitrogen and oxygen atoms in total. The van der Waals surface area contributed by atoms with E-state index in [1.54, 1.807) is 37.4 Å². The maximum Gasteiger partial charge on any atom is 0.333 e. The Balaban J connectivity index is 2.13. The second-order valence-corrected chi connectivity index (χ2v) is 6.83. The average Bonchev–Trinajstić information content (AvgIpc) is 2.70. The average molecular weight is 399 g/mol. The summed E-state index contributed by atoms with van der Waals surface area (Å²) in [4.78, 5) is 28.9. The van der Waals surface area contributed by atoms with Crippen molar-refractivity contribution in [1.82, 2.24) is 10.3 Å². The van der Waals surface area contributed by atoms with Crippen LogP contribution in [-0.2, 0) is 25.7 Å². The molecule has 0 spiro atoms. The normalized spacial score (nSPS) is 11.4. The van der Waals surface area contributed by atoms with E-state index in [4.69, 9.17) is 9.47 Å². The van der Waals surface area contributed by atoms with Crippen molar-refractivity contribution >= 4 is 23.6 Å². The number of esters is 1. The second kappa shape index (κ2) is 10.4. The Morgan fingerprint density at radius 2 is 2.00 bits per heavy atom. The minimum atomic E-state index is -0.899. The number of rotatable bonds is 8. The number of amides is 1. The fourth-order valence-electron chi connectivity index (χ4n) is 2.58. The fourth-order valence-corrected chi connectivity index (χ4v) is 3.46. The molecule has 0 aliphatic heterocycles. The Morgan fingerprint density at radius 1 is 1.29 bits per heavy atom. The first kappa shape index (κ1) is 21.4. The van der Waals surface area contributed by atoms with Gasteiger partial charge in [-0.1, -0.05) is 42.1 Å². The molecule has 1 atom stereocenters. The van der Waals surface area contributed by atoms with Crippen molar-refractivity contribution in [2.24, 2.45) is 0 Å². The lowest BCUT2D eigenvalue weighted by atomic mass is 10.1. The van der Waals surface area contributed by atoms with Gasteiger partial charge < -0.3 is 14.8 Å². The third-order valence-electron chi connectivity index (χ3n) is 3.82. The van der Waals surface area contributed by atoms with Gasteiger partial charge in [0.15, 0.2) is 6.04 Å². The highest BCUT2D eigenvalue weighted by atomic mass is 32.2. The number of carbonyl (C=O) groups excluding carboxylic acids is 2. The van der Waals surface area contributed by atoms with E-state index in [1.165, 1.54) is 7.11 Å². The number of thioether (sulfide) groups is 1. The molecule has 0 aliphatic carbocycles. The summed E-state index contributed by atoms with van der Waals surface area (Å²) in [7, 11) is 2.82. The van der Waals surface area contributed by atoms with Crippen molar-refractivity contribution in [3.8, 4) is 6.07 Å². The third-order valence-corrected chi connectivity index (χ3v) is 4.80. The van der Waals surface area contributed by atoms with Crippen molar-refractivity contribution in [1.29, 1.82) is 5.26 Å². The summed E-state index contributed by atoms with van der Waals surface area (Å²) in [5, 5.41) is 12.6. The second-order valence-electron chi connectivity index (χ2n) is 5.87. The van der Waals surface area contributed by atoms with Crippen molar-refractivity contribution < 1.29 is 19.1 Å². The molecule has 0 saturated heterocycles. The molecule has 0 unspecified atom stereocenters. The predicted octanol–water partition coefficient (Wildman–Crippen LogP) is 2.53. The van der Waals surface area contributed by atoms with Gasteiger partial charge in [-0.2, -0.15) is 5.26 Å². The number of carbonyl (C=O) groups is 2. The Hall–Kier alpha value is -2.89. The van der Waals surface area contributed by atoms with Crippen molar-refractivity contribution in [3.63, 3.8) is 0 Å². The van der Waals surface area contributed by atoms with Gasteiger partial charge in [0.05, 0.1) is 25.0 Å². The molecule has 1 aromatic heterocycles. The van der Waals surface area contributed by atoms with Crippen LogP contribution >= 0.6 is 11.8 Å². The molecule has 0 radical (unpaired) electrons. The zero-order valence-electron chi connectivity index (χ0n) is 15.9. The van der Waals surface area contributed by atoms with E-state index in [9.17, 15) is 14.9 Å². The quantitative estimate of drug-likeness (QED) is 0.538. The predicted molar refractivity (Wildman–Crippen MR) is 104 cm³/mol. The number of hydrogen-bond donors (Lipinski definition) is 1. The van der Waals surface area contributed by atoms with Crippen molar-refractivity contribution in [2.75, 3.05) is 20.0 Å². The number of nitrogens with one attached hydrogen (secondary N) is 1. The molecule has 1 N–H and O–H groups in total. The Kier molecular flexibility index (Phi) is 7.99. The Bertz CT molecular complexity index is 881. The molecule has 0 fully saturated rings. The van der Waals surface area contributed by atoms with Gasteiger partial charge in [-0.15, -0.1) is 0 Å². The standard InChI is InChI=1S/C20H21N3O4S/c1-13-9-15(11-26-2)16(10-21)19(22-13)28-12-17(24)23-18(20(25)27-3)14-7-5-4-6-8-14/h4-9,18H,11-12H2,1-3H3,(H,23,24)/t18-/m0/s1. The van der Waals surface area contributed by atoms with Crippen molar-refractivity contribution in [3.05, 3.63) is 58.8 Å². The maximum absolute atomic E-state index is 12.4. The minimum Gasteiger partial charge on any atom is -0.467 e. The molecule has 0 bridgehead atoms. The van der Waals surface area contributed by atoms with E-state index in [-0.39, 0.29) is 18.3 Å². The van der Waals surface area contributed by atoms with Crippen LogP contribution in [0.2, 0.25) is 0 Å². The number of nitriles is 1. The highest BCUT2D eigenvalue weighted by Crippen LogP contribution is 2.25. The topological polar surface area (TPSA) is 101 Å². The largest absolute Gasteiger partial charge is 0.467 e. The van der Waals surface area contributed by atoms with Crippen molar-refractivity contribution in [2.45, 2.75) is 24.6 Å². The zero-order chi connectivity index (χ0) is 20.5. The van der Waals surface area contributed by atoms with Crippen LogP contribution in [0.25, 0.3) is 0 Å². The molecular formula is C20H21N3O4S. The number of pyridine rings is 1. The van der Waals surface area contributed by atoms with Crippen LogP contribution in [0.1, 0.15) is 28.4 Å². The van der Waals surface area contributed by atoms with Crippen LogP contribution in [-0.4, -0.2) is 36.8 Å². The Labute approximate surface area is 168 Å². The lowest BCUT2D eigenvalue weighted by Crippen LogP contribution is -2.35. The number of hydrogen-bond acceptors (Lipinski definition) is 7. The number of methoxy groups -OCH3 is 2. The summed E-state index contributed by atoms with van der Waals surface area (Å²) in [6.45, 7) is 2.09. The van der Waals surface area contributed by atoms with Gasteiger partial charge in [-0.3, -0.25) is 4.79 Å². The summed E-state index contributed by atoms with van der Waals surface area (Å²) < 4.78 is 9.92. The summed E-state index contributed by atoms with van der Waals surface area (Å²) in [5.41, 5.74) is 2.46. The summed E-state index contributed by atoms with van der Waals surface area (Å²) >= 11 is 1.14. The van der Waals surface area contributed by atoms with Gasteiger partial charge in [-0.05, 0) is 24.1 Å². The molecule has 1 amide bonds. The monoisotopic (exact) mass is 399 g/mol. The van der Waals surface area contributed by atoms with Gasteiger partial charge in [0.2, 0.25) is 5.91 Å². The molecule has 2 rings (SSSR count). The highest BCUT2D eigenvalue weighted by Gasteiger charge is 2.23. The number of benzene rings is 1. The third kappa shape index (κ3) is 5.55. The molecule has 146 valence electrons. The van der Waals surface area contributed by atoms with E-state index in [0.717, 1.165) is 23.0 Å². The summed E-state index contributed by atoms with van der Waals surface area (Å²) in [5.74, 6) is -0.930. The van der Waals surface area contributed by atoms with Gasteiger partial charge in [0.1, 0.15) is 11.1 Å². The van der Waals surface area contributed by atoms with Crippen LogP contribution in [0.4, 0.5) is 0 Å². The first-order valence-electron chi connectivity index (χ1n) is 8.44. The van der Waals surface area contributed by atoms with E-state index in [1.807, 2.05) is 13.0 Å². The molecule has 2 aromatic rings. The lowest BCUT2D eigenvalue weighted by molar-refractivity contribution is -0.145. The van der Waals surface area contributed by atoms with Crippen LogP contribution in [0.5, 0.6) is 0 Å². The van der Waals surface area contributed by atoms with Gasteiger partial charge >= 0.3 is 5.97 Å². The SMILES string of the molecule is COCc1cc(C)nc(SCC(=O)N[C@H](C(=O)OC)c2ccccc2)c1C#N. The number of ether oxygens (including phenoxy) is 2. The van der Waals surface area contributed by atoms with Crippen LogP contribution < -0.4 is 5.32 Å². The molecule has 28 heavy (non-hydrogen) atoms. The van der Waals surface area contributed by atoms with Gasteiger partial charge in [0.25, 0.3) is 0 Å². The van der Waals surface area contributed by atoms with E-state index >= 15 is 0 Å². The zero-order valence-corrected chi connectivity index (χ0v) is 16.7. The highest BCUT2D eigenvalue weighted by molar-refractivity contribution is 8.00. The molecule has 0 aliphatic rings. The molecular weight excluding hydrogens is 378 g/mol. The maximum atomic E-state index is 12.4. The molecule has 1 aromatic carbocycles. The number of aromatic nitrogens is 1. The Morgan fingerprint density at radius 3 is 2.61 bits per heavy atom. The van der Waals surface area contributed by atoms with Crippen LogP contribution in [0.15, 0.2) is 41.4 Å². The fraction of sp³-hybridized carbons (Fsp3) is 0.300. The molecule has 8 heteroatoms. The lowest BCUT2D eigenvalue weighted by Gasteiger charge is -2.17. The van der Waals surface area contributed by atoms with Crippen LogP contribution in [0, 0.1) is 18.3 Å². The van der Waals surface area contributed by atoms with E-state index in [0.29, 0.717) is 16.2 Å². The smallest absolute Gasteiger partial charge is 0.333 e. The molecule has 0 saturated carbocycles. The first-order chi connectivity index (χ1) is 13.5. The molecule has 1 heterocycles. The first-order valence-corrected chi connectivity index (χ1v) is 9.43. The summed E-state index contributed by atoms with van der Waals surface area (Å²) in [6.07, 6.45) is 0. The van der Waals surface area contributed by atoms with E-state index < -0.39 is 12.0 Å².